The van der Waals surface area contributed by atoms with Crippen molar-refractivity contribution in [3.05, 3.63) is 29.8 Å². The summed E-state index contributed by atoms with van der Waals surface area (Å²) in [5.41, 5.74) is 0.201. The van der Waals surface area contributed by atoms with Crippen molar-refractivity contribution in [2.75, 3.05) is 6.61 Å². The van der Waals surface area contributed by atoms with Crippen LogP contribution >= 0.6 is 0 Å². The minimum absolute atomic E-state index is 0.129. The first-order chi connectivity index (χ1) is 8.52. The van der Waals surface area contributed by atoms with Crippen molar-refractivity contribution in [2.45, 2.75) is 25.8 Å². The molecule has 0 saturated carbocycles. The molecule has 94 valence electrons. The summed E-state index contributed by atoms with van der Waals surface area (Å²) in [5, 5.41) is 11.6. The Morgan fingerprint density at radius 2 is 2.22 bits per heavy atom. The predicted molar refractivity (Wildman–Crippen MR) is 67.0 cm³/mol. The van der Waals surface area contributed by atoms with Crippen LogP contribution in [-0.4, -0.2) is 18.1 Å². The first kappa shape index (κ1) is 12.4. The van der Waals surface area contributed by atoms with E-state index in [1.165, 1.54) is 0 Å². The summed E-state index contributed by atoms with van der Waals surface area (Å²) in [6.45, 7) is 3.73. The van der Waals surface area contributed by atoms with E-state index in [0.717, 1.165) is 11.3 Å². The second-order valence-electron chi connectivity index (χ2n) is 5.05. The minimum Gasteiger partial charge on any atom is -0.492 e. The number of nitriles is 1. The summed E-state index contributed by atoms with van der Waals surface area (Å²) in [5.74, 6) is 0.490. The van der Waals surface area contributed by atoms with Gasteiger partial charge >= 0.3 is 0 Å². The topological polar surface area (TPSA) is 62.1 Å². The summed E-state index contributed by atoms with van der Waals surface area (Å²) < 4.78 is 5.56. The summed E-state index contributed by atoms with van der Waals surface area (Å²) in [4.78, 5) is 12.0. The molecule has 0 saturated heterocycles. The lowest BCUT2D eigenvalue weighted by molar-refractivity contribution is -0.127. The molecule has 1 amide bonds. The lowest BCUT2D eigenvalue weighted by atomic mass is 9.95. The molecule has 2 rings (SSSR count). The Labute approximate surface area is 107 Å². The molecule has 1 aliphatic rings. The van der Waals surface area contributed by atoms with Crippen LogP contribution in [0.2, 0.25) is 0 Å². The van der Waals surface area contributed by atoms with Crippen molar-refractivity contribution in [2.24, 2.45) is 5.92 Å². The number of benzene rings is 1. The van der Waals surface area contributed by atoms with E-state index < -0.39 is 5.54 Å². The maximum atomic E-state index is 12.0. The van der Waals surface area contributed by atoms with Crippen LogP contribution in [0.5, 0.6) is 5.75 Å². The number of ether oxygens (including phenoxy) is 1. The third kappa shape index (κ3) is 2.62. The van der Waals surface area contributed by atoms with E-state index in [1.807, 2.05) is 24.3 Å². The molecule has 1 unspecified atom stereocenters. The molecule has 0 fully saturated rings. The number of hydrogen-bond acceptors (Lipinski definition) is 3. The van der Waals surface area contributed by atoms with Crippen molar-refractivity contribution in [3.63, 3.8) is 0 Å². The van der Waals surface area contributed by atoms with Crippen LogP contribution in [0.4, 0.5) is 0 Å². The number of hydrogen-bond donors (Lipinski definition) is 1. The summed E-state index contributed by atoms with van der Waals surface area (Å²) in [7, 11) is 0. The van der Waals surface area contributed by atoms with Crippen LogP contribution in [0.3, 0.4) is 0 Å². The maximum absolute atomic E-state index is 12.0. The van der Waals surface area contributed by atoms with Gasteiger partial charge in [0.1, 0.15) is 17.9 Å². The Kier molecular flexibility index (Phi) is 3.24. The number of nitrogens with zero attached hydrogens (tertiary/aromatic N) is 1. The molecule has 0 bridgehead atoms. The number of rotatable bonds is 2. The molecule has 1 aliphatic heterocycles. The first-order valence-corrected chi connectivity index (χ1v) is 5.96. The average Bonchev–Trinajstić information content (AvgIpc) is 2.37. The van der Waals surface area contributed by atoms with Crippen molar-refractivity contribution < 1.29 is 9.53 Å². The zero-order chi connectivity index (χ0) is 13.2. The highest BCUT2D eigenvalue weighted by Crippen LogP contribution is 2.27. The van der Waals surface area contributed by atoms with Crippen LogP contribution < -0.4 is 10.1 Å². The molecule has 1 N–H and O–H groups in total. The molecule has 4 heteroatoms. The first-order valence-electron chi connectivity index (χ1n) is 5.96. The van der Waals surface area contributed by atoms with E-state index >= 15 is 0 Å². The largest absolute Gasteiger partial charge is 0.492 e. The molecule has 18 heavy (non-hydrogen) atoms. The fourth-order valence-corrected chi connectivity index (χ4v) is 1.93. The Bertz CT molecular complexity index is 503. The maximum Gasteiger partial charge on any atom is 0.228 e. The number of nitrogens with one attached hydrogen (secondary N) is 1. The molecule has 1 atom stereocenters. The normalized spacial score (nSPS) is 18.2. The van der Waals surface area contributed by atoms with E-state index in [-0.39, 0.29) is 11.8 Å². The summed E-state index contributed by atoms with van der Waals surface area (Å²) in [6.07, 6.45) is 0.656. The van der Waals surface area contributed by atoms with Crippen molar-refractivity contribution in [1.29, 1.82) is 5.26 Å². The molecule has 0 aliphatic carbocycles. The lowest BCUT2D eigenvalue weighted by Crippen LogP contribution is -2.47. The molecule has 0 spiro atoms. The molecule has 4 nitrogen and oxygen atoms in total. The van der Waals surface area contributed by atoms with Gasteiger partial charge in [-0.2, -0.15) is 5.26 Å². The minimum atomic E-state index is -0.839. The number of amides is 1. The lowest BCUT2D eigenvalue weighted by Gasteiger charge is -2.27. The molecule has 1 aromatic carbocycles. The molecular formula is C14H16N2O2. The quantitative estimate of drug-likeness (QED) is 0.860. The highest BCUT2D eigenvalue weighted by molar-refractivity contribution is 5.80. The number of para-hydroxylation sites is 1. The third-order valence-corrected chi connectivity index (χ3v) is 2.96. The van der Waals surface area contributed by atoms with E-state index in [4.69, 9.17) is 10.00 Å². The van der Waals surface area contributed by atoms with Crippen LogP contribution in [0.15, 0.2) is 24.3 Å². The smallest absolute Gasteiger partial charge is 0.228 e. The van der Waals surface area contributed by atoms with Gasteiger partial charge in [0.2, 0.25) is 5.91 Å². The highest BCUT2D eigenvalue weighted by atomic mass is 16.5. The van der Waals surface area contributed by atoms with Gasteiger partial charge < -0.3 is 10.1 Å². The zero-order valence-electron chi connectivity index (χ0n) is 10.6. The van der Waals surface area contributed by atoms with Gasteiger partial charge in [-0.25, -0.2) is 0 Å². The zero-order valence-corrected chi connectivity index (χ0v) is 10.6. The van der Waals surface area contributed by atoms with Gasteiger partial charge in [0.05, 0.1) is 12.0 Å². The SMILES string of the molecule is CC(C)(C#N)NC(=O)C1COc2ccccc2C1. The van der Waals surface area contributed by atoms with Crippen molar-refractivity contribution in [3.8, 4) is 11.8 Å². The van der Waals surface area contributed by atoms with E-state index in [1.54, 1.807) is 13.8 Å². The second-order valence-corrected chi connectivity index (χ2v) is 5.05. The van der Waals surface area contributed by atoms with E-state index in [0.29, 0.717) is 13.0 Å². The molecule has 0 aromatic heterocycles. The monoisotopic (exact) mass is 244 g/mol. The third-order valence-electron chi connectivity index (χ3n) is 2.96. The van der Waals surface area contributed by atoms with Gasteiger partial charge in [-0.05, 0) is 31.9 Å². The highest BCUT2D eigenvalue weighted by Gasteiger charge is 2.29. The fraction of sp³-hybridized carbons (Fsp3) is 0.429. The fourth-order valence-electron chi connectivity index (χ4n) is 1.93. The Morgan fingerprint density at radius 3 is 2.94 bits per heavy atom. The van der Waals surface area contributed by atoms with Gasteiger partial charge in [-0.3, -0.25) is 4.79 Å². The predicted octanol–water partition coefficient (Wildman–Crippen LogP) is 1.66. The van der Waals surface area contributed by atoms with Crippen molar-refractivity contribution in [1.82, 2.24) is 5.32 Å². The average molecular weight is 244 g/mol. The van der Waals surface area contributed by atoms with E-state index in [9.17, 15) is 4.79 Å². The number of carbonyl (C=O) groups excluding carboxylic acids is 1. The van der Waals surface area contributed by atoms with Gasteiger partial charge in [0.25, 0.3) is 0 Å². The van der Waals surface area contributed by atoms with Crippen LogP contribution in [0.1, 0.15) is 19.4 Å². The standard InChI is InChI=1S/C14H16N2O2/c1-14(2,9-15)16-13(17)11-7-10-5-3-4-6-12(10)18-8-11/h3-6,11H,7-8H2,1-2H3,(H,16,17). The number of carbonyl (C=O) groups is 1. The molecule has 0 radical (unpaired) electrons. The van der Waals surface area contributed by atoms with Crippen molar-refractivity contribution >= 4 is 5.91 Å². The Balaban J connectivity index is 2.06. The molecule has 1 heterocycles. The van der Waals surface area contributed by atoms with Gasteiger partial charge in [0.15, 0.2) is 0 Å². The van der Waals surface area contributed by atoms with Crippen LogP contribution in [0, 0.1) is 17.2 Å². The molecular weight excluding hydrogens is 228 g/mol. The van der Waals surface area contributed by atoms with Gasteiger partial charge in [0, 0.05) is 0 Å². The summed E-state index contributed by atoms with van der Waals surface area (Å²) in [6, 6.07) is 9.77. The Hall–Kier alpha value is -2.02. The Morgan fingerprint density at radius 1 is 1.50 bits per heavy atom. The van der Waals surface area contributed by atoms with Crippen LogP contribution in [0.25, 0.3) is 0 Å². The molecule has 1 aromatic rings. The van der Waals surface area contributed by atoms with Gasteiger partial charge in [-0.1, -0.05) is 18.2 Å². The van der Waals surface area contributed by atoms with Crippen LogP contribution in [-0.2, 0) is 11.2 Å². The van der Waals surface area contributed by atoms with E-state index in [2.05, 4.69) is 11.4 Å². The van der Waals surface area contributed by atoms with Gasteiger partial charge in [-0.15, -0.1) is 0 Å². The summed E-state index contributed by atoms with van der Waals surface area (Å²) >= 11 is 0. The number of fused-ring (bicyclic) bond motifs is 1. The second kappa shape index (κ2) is 4.69.